The van der Waals surface area contributed by atoms with Gasteiger partial charge in [0.15, 0.2) is 0 Å². The maximum absolute atomic E-state index is 12.3. The fraction of sp³-hybridized carbons (Fsp3) is 0.500. The molecule has 1 heterocycles. The lowest BCUT2D eigenvalue weighted by Gasteiger charge is -2.27. The topological polar surface area (TPSA) is 66.6 Å². The second-order valence-corrected chi connectivity index (χ2v) is 5.52. The quantitative estimate of drug-likeness (QED) is 0.866. The Labute approximate surface area is 125 Å². The predicted molar refractivity (Wildman–Crippen MR) is 83.9 cm³/mol. The number of benzene rings is 1. The molecule has 0 atom stereocenters. The molecule has 2 rings (SSSR count). The minimum absolute atomic E-state index is 0.0753. The van der Waals surface area contributed by atoms with E-state index in [4.69, 9.17) is 5.73 Å². The largest absolute Gasteiger partial charge is 0.399 e. The minimum atomic E-state index is -0.0753. The Balaban J connectivity index is 1.98. The van der Waals surface area contributed by atoms with E-state index in [1.165, 1.54) is 0 Å². The molecule has 1 aliphatic rings. The van der Waals surface area contributed by atoms with E-state index in [1.807, 2.05) is 12.1 Å². The van der Waals surface area contributed by atoms with E-state index in [0.717, 1.165) is 31.4 Å². The van der Waals surface area contributed by atoms with Crippen molar-refractivity contribution < 1.29 is 9.59 Å². The van der Waals surface area contributed by atoms with Crippen LogP contribution in [0.25, 0.3) is 0 Å². The van der Waals surface area contributed by atoms with Crippen LogP contribution in [-0.2, 0) is 9.59 Å². The number of carbonyl (C=O) groups is 2. The van der Waals surface area contributed by atoms with Gasteiger partial charge >= 0.3 is 0 Å². The van der Waals surface area contributed by atoms with Crippen molar-refractivity contribution >= 4 is 23.2 Å². The lowest BCUT2D eigenvalue weighted by atomic mass is 10.1. The molecule has 1 aromatic rings. The Morgan fingerprint density at radius 2 is 1.86 bits per heavy atom. The van der Waals surface area contributed by atoms with Crippen molar-refractivity contribution in [1.29, 1.82) is 0 Å². The van der Waals surface area contributed by atoms with Gasteiger partial charge in [0.05, 0.1) is 0 Å². The molecule has 5 heteroatoms. The Bertz CT molecular complexity index is 499. The fourth-order valence-corrected chi connectivity index (χ4v) is 2.49. The molecule has 114 valence electrons. The molecule has 2 N–H and O–H groups in total. The highest BCUT2D eigenvalue weighted by molar-refractivity contribution is 5.96. The van der Waals surface area contributed by atoms with Crippen LogP contribution in [0.4, 0.5) is 11.4 Å². The summed E-state index contributed by atoms with van der Waals surface area (Å²) < 4.78 is 0. The standard InChI is InChI=1S/C16H23N3O2/c1-18(14-9-7-13(17)8-10-14)16(21)12-19-11-5-3-2-4-6-15(19)20/h7-10H,2-6,11-12,17H2,1H3. The molecule has 0 aliphatic carbocycles. The van der Waals surface area contributed by atoms with Gasteiger partial charge < -0.3 is 15.5 Å². The molecular formula is C16H23N3O2. The van der Waals surface area contributed by atoms with Gasteiger partial charge in [-0.15, -0.1) is 0 Å². The van der Waals surface area contributed by atoms with Gasteiger partial charge in [-0.2, -0.15) is 0 Å². The molecule has 0 spiro atoms. The summed E-state index contributed by atoms with van der Waals surface area (Å²) in [4.78, 5) is 27.7. The first-order valence-corrected chi connectivity index (χ1v) is 7.48. The molecule has 1 aliphatic heterocycles. The summed E-state index contributed by atoms with van der Waals surface area (Å²) in [5.41, 5.74) is 7.10. The van der Waals surface area contributed by atoms with Crippen molar-refractivity contribution in [3.05, 3.63) is 24.3 Å². The van der Waals surface area contributed by atoms with Crippen LogP contribution in [0.3, 0.4) is 0 Å². The van der Waals surface area contributed by atoms with Gasteiger partial charge in [-0.3, -0.25) is 9.59 Å². The normalized spacial score (nSPS) is 16.2. The Morgan fingerprint density at radius 1 is 1.19 bits per heavy atom. The summed E-state index contributed by atoms with van der Waals surface area (Å²) in [6, 6.07) is 7.14. The van der Waals surface area contributed by atoms with E-state index in [9.17, 15) is 9.59 Å². The van der Waals surface area contributed by atoms with E-state index in [2.05, 4.69) is 0 Å². The summed E-state index contributed by atoms with van der Waals surface area (Å²) in [5, 5.41) is 0. The van der Waals surface area contributed by atoms with Crippen LogP contribution >= 0.6 is 0 Å². The highest BCUT2D eigenvalue weighted by atomic mass is 16.2. The third-order valence-corrected chi connectivity index (χ3v) is 3.90. The first kappa shape index (κ1) is 15.4. The van der Waals surface area contributed by atoms with Gasteiger partial charge in [0, 0.05) is 31.4 Å². The number of nitrogens with zero attached hydrogens (tertiary/aromatic N) is 2. The van der Waals surface area contributed by atoms with Crippen molar-refractivity contribution in [3.8, 4) is 0 Å². The highest BCUT2D eigenvalue weighted by Gasteiger charge is 2.20. The zero-order valence-electron chi connectivity index (χ0n) is 12.5. The molecule has 0 unspecified atom stereocenters. The van der Waals surface area contributed by atoms with E-state index in [-0.39, 0.29) is 18.4 Å². The third kappa shape index (κ3) is 4.21. The minimum Gasteiger partial charge on any atom is -0.399 e. The van der Waals surface area contributed by atoms with Crippen LogP contribution in [0, 0.1) is 0 Å². The van der Waals surface area contributed by atoms with Crippen molar-refractivity contribution in [3.63, 3.8) is 0 Å². The van der Waals surface area contributed by atoms with Crippen molar-refractivity contribution in [2.75, 3.05) is 30.8 Å². The number of amides is 2. The van der Waals surface area contributed by atoms with Crippen LogP contribution < -0.4 is 10.6 Å². The highest BCUT2D eigenvalue weighted by Crippen LogP contribution is 2.16. The first-order chi connectivity index (χ1) is 10.1. The average molecular weight is 289 g/mol. The van der Waals surface area contributed by atoms with Gasteiger partial charge in [-0.05, 0) is 37.1 Å². The van der Waals surface area contributed by atoms with Crippen LogP contribution in [0.1, 0.15) is 32.1 Å². The van der Waals surface area contributed by atoms with Crippen molar-refractivity contribution in [2.45, 2.75) is 32.1 Å². The molecule has 5 nitrogen and oxygen atoms in total. The molecule has 0 bridgehead atoms. The number of carbonyl (C=O) groups excluding carboxylic acids is 2. The van der Waals surface area contributed by atoms with E-state index >= 15 is 0 Å². The summed E-state index contributed by atoms with van der Waals surface area (Å²) in [6.07, 6.45) is 4.70. The summed E-state index contributed by atoms with van der Waals surface area (Å²) in [7, 11) is 1.72. The molecule has 1 fully saturated rings. The number of hydrogen-bond donors (Lipinski definition) is 1. The summed E-state index contributed by atoms with van der Waals surface area (Å²) in [6.45, 7) is 0.833. The van der Waals surface area contributed by atoms with Crippen LogP contribution in [0.5, 0.6) is 0 Å². The number of nitrogen functional groups attached to an aromatic ring is 1. The second kappa shape index (κ2) is 7.11. The van der Waals surface area contributed by atoms with Crippen molar-refractivity contribution in [1.82, 2.24) is 4.90 Å². The number of nitrogens with two attached hydrogens (primary N) is 1. The van der Waals surface area contributed by atoms with Gasteiger partial charge in [0.1, 0.15) is 6.54 Å². The summed E-state index contributed by atoms with van der Waals surface area (Å²) >= 11 is 0. The van der Waals surface area contributed by atoms with Crippen molar-refractivity contribution in [2.24, 2.45) is 0 Å². The molecule has 21 heavy (non-hydrogen) atoms. The molecule has 1 aromatic carbocycles. The molecule has 1 saturated heterocycles. The van der Waals surface area contributed by atoms with Gasteiger partial charge in [0.25, 0.3) is 0 Å². The SMILES string of the molecule is CN(C(=O)CN1CCCCCCC1=O)c1ccc(N)cc1. The molecule has 0 radical (unpaired) electrons. The smallest absolute Gasteiger partial charge is 0.246 e. The Kier molecular flexibility index (Phi) is 5.20. The molecule has 2 amide bonds. The van der Waals surface area contributed by atoms with E-state index < -0.39 is 0 Å². The monoisotopic (exact) mass is 289 g/mol. The fourth-order valence-electron chi connectivity index (χ4n) is 2.49. The third-order valence-electron chi connectivity index (χ3n) is 3.90. The number of likely N-dealkylation sites (tertiary alicyclic amines) is 1. The number of likely N-dealkylation sites (N-methyl/N-ethyl adjacent to an activating group) is 1. The first-order valence-electron chi connectivity index (χ1n) is 7.48. The lowest BCUT2D eigenvalue weighted by molar-refractivity contribution is -0.135. The number of anilines is 2. The zero-order valence-corrected chi connectivity index (χ0v) is 12.5. The lowest BCUT2D eigenvalue weighted by Crippen LogP contribution is -2.42. The Hall–Kier alpha value is -2.04. The molecular weight excluding hydrogens is 266 g/mol. The number of hydrogen-bond acceptors (Lipinski definition) is 3. The van der Waals surface area contributed by atoms with Gasteiger partial charge in [-0.25, -0.2) is 0 Å². The molecule has 0 aromatic heterocycles. The average Bonchev–Trinajstić information content (AvgIpc) is 2.47. The van der Waals surface area contributed by atoms with Gasteiger partial charge in [0.2, 0.25) is 11.8 Å². The summed E-state index contributed by atoms with van der Waals surface area (Å²) in [5.74, 6) is 0.0162. The van der Waals surface area contributed by atoms with E-state index in [0.29, 0.717) is 18.7 Å². The van der Waals surface area contributed by atoms with Crippen LogP contribution in [0.2, 0.25) is 0 Å². The second-order valence-electron chi connectivity index (χ2n) is 5.52. The van der Waals surface area contributed by atoms with Crippen LogP contribution in [-0.4, -0.2) is 36.9 Å². The maximum atomic E-state index is 12.3. The predicted octanol–water partition coefficient (Wildman–Crippen LogP) is 2.02. The van der Waals surface area contributed by atoms with Crippen LogP contribution in [0.15, 0.2) is 24.3 Å². The van der Waals surface area contributed by atoms with Gasteiger partial charge in [-0.1, -0.05) is 12.8 Å². The number of rotatable bonds is 3. The zero-order chi connectivity index (χ0) is 15.2. The maximum Gasteiger partial charge on any atom is 0.246 e. The van der Waals surface area contributed by atoms with E-state index in [1.54, 1.807) is 29.0 Å². The Morgan fingerprint density at radius 3 is 2.57 bits per heavy atom. The molecule has 0 saturated carbocycles.